The average molecular weight is 740 g/mol. The fourth-order valence-electron chi connectivity index (χ4n) is 5.53. The van der Waals surface area contributed by atoms with E-state index in [1.807, 2.05) is 66.7 Å². The van der Waals surface area contributed by atoms with Crippen LogP contribution in [0.4, 0.5) is 4.79 Å². The van der Waals surface area contributed by atoms with E-state index in [-0.39, 0.29) is 45.2 Å². The molecule has 278 valence electrons. The summed E-state index contributed by atoms with van der Waals surface area (Å²) in [5.74, 6) is 1.92. The maximum atomic E-state index is 14.4. The summed E-state index contributed by atoms with van der Waals surface area (Å²) in [7, 11) is -2.81. The summed E-state index contributed by atoms with van der Waals surface area (Å²) < 4.78 is 43.3. The number of rotatable bonds is 20. The predicted molar refractivity (Wildman–Crippen MR) is 203 cm³/mol. The molecule has 0 saturated carbocycles. The number of nitrogens with one attached hydrogen (secondary N) is 1. The Morgan fingerprint density at radius 2 is 1.19 bits per heavy atom. The highest BCUT2D eigenvalue weighted by atomic mass is 31.2. The van der Waals surface area contributed by atoms with Crippen molar-refractivity contribution in [3.8, 4) is 17.2 Å². The number of hydrogen-bond donors (Lipinski definition) is 3. The largest absolute Gasteiger partial charge is 0.497 e. The number of alkyl carbamates (subject to hydrolysis) is 1. The van der Waals surface area contributed by atoms with Gasteiger partial charge in [-0.2, -0.15) is 0 Å². The van der Waals surface area contributed by atoms with Crippen LogP contribution >= 0.6 is 7.37 Å². The van der Waals surface area contributed by atoms with Crippen molar-refractivity contribution in [2.24, 2.45) is 0 Å². The quantitative estimate of drug-likeness (QED) is 0.0533. The van der Waals surface area contributed by atoms with Crippen LogP contribution in [0.5, 0.6) is 17.2 Å². The number of ether oxygens (including phenoxy) is 5. The molecule has 0 radical (unpaired) electrons. The van der Waals surface area contributed by atoms with Gasteiger partial charge in [-0.3, -0.25) is 9.88 Å². The van der Waals surface area contributed by atoms with Crippen molar-refractivity contribution in [1.82, 2.24) is 5.32 Å². The molecule has 5 aromatic rings. The zero-order chi connectivity index (χ0) is 37.4. The van der Waals surface area contributed by atoms with Crippen LogP contribution in [-0.4, -0.2) is 41.4 Å². The summed E-state index contributed by atoms with van der Waals surface area (Å²) in [4.78, 5) is 25.2. The summed E-state index contributed by atoms with van der Waals surface area (Å²) in [5, 5.41) is 12.4. The van der Waals surface area contributed by atoms with Crippen LogP contribution in [0.25, 0.3) is 0 Å². The number of benzene rings is 5. The van der Waals surface area contributed by atoms with Crippen LogP contribution < -0.4 is 19.5 Å². The molecule has 0 saturated heterocycles. The Kier molecular flexibility index (Phi) is 14.5. The molecule has 2 atom stereocenters. The molecule has 0 spiro atoms. The molecular weight excluding hydrogens is 693 g/mol. The Morgan fingerprint density at radius 1 is 0.660 bits per heavy atom. The van der Waals surface area contributed by atoms with E-state index in [0.29, 0.717) is 41.6 Å². The van der Waals surface area contributed by atoms with E-state index in [1.165, 1.54) is 0 Å². The van der Waals surface area contributed by atoms with Crippen molar-refractivity contribution in [3.05, 3.63) is 161 Å². The molecule has 5 aromatic carbocycles. The Hall–Kier alpha value is -5.12. The van der Waals surface area contributed by atoms with Gasteiger partial charge in [0.2, 0.25) is 5.47 Å². The smallest absolute Gasteiger partial charge is 0.410 e. The highest BCUT2D eigenvalue weighted by Gasteiger charge is 2.49. The van der Waals surface area contributed by atoms with E-state index in [9.17, 15) is 19.4 Å². The number of aryl methyl sites for hydroxylation is 1. The van der Waals surface area contributed by atoms with Crippen molar-refractivity contribution in [1.29, 1.82) is 0 Å². The third-order valence-corrected chi connectivity index (χ3v) is 11.0. The van der Waals surface area contributed by atoms with E-state index in [4.69, 9.17) is 23.7 Å². The van der Waals surface area contributed by atoms with Crippen LogP contribution in [0.2, 0.25) is 0 Å². The second-order valence-electron chi connectivity index (χ2n) is 12.5. The highest BCUT2D eigenvalue weighted by molar-refractivity contribution is 7.59. The molecule has 0 aliphatic heterocycles. The number of aliphatic hydroxyl groups is 1. The highest BCUT2D eigenvalue weighted by Crippen LogP contribution is 2.56. The third kappa shape index (κ3) is 12.0. The summed E-state index contributed by atoms with van der Waals surface area (Å²) in [6, 6.07) is 41.1. The van der Waals surface area contributed by atoms with Crippen molar-refractivity contribution < 1.29 is 43.0 Å². The first-order valence-electron chi connectivity index (χ1n) is 17.4. The number of amides is 1. The summed E-state index contributed by atoms with van der Waals surface area (Å²) in [6.45, 7) is 0.313. The van der Waals surface area contributed by atoms with Crippen LogP contribution in [0.3, 0.4) is 0 Å². The number of carbonyl (C=O) groups is 1. The first-order valence-corrected chi connectivity index (χ1v) is 19.3. The van der Waals surface area contributed by atoms with Crippen LogP contribution in [0, 0.1) is 0 Å². The topological polar surface area (TPSA) is 133 Å². The van der Waals surface area contributed by atoms with Crippen LogP contribution in [-0.2, 0) is 46.9 Å². The number of hydrogen-bond acceptors (Lipinski definition) is 8. The minimum atomic E-state index is -4.36. The summed E-state index contributed by atoms with van der Waals surface area (Å²) in [5.41, 5.74) is 2.15. The van der Waals surface area contributed by atoms with E-state index >= 15 is 0 Å². The predicted octanol–water partition coefficient (Wildman–Crippen LogP) is 8.24. The van der Waals surface area contributed by atoms with Gasteiger partial charge in [0.05, 0.1) is 13.7 Å². The molecular formula is C42H46NO9P. The van der Waals surface area contributed by atoms with E-state index in [1.54, 1.807) is 73.8 Å². The fraction of sp³-hybridized carbons (Fsp3) is 0.262. The molecule has 3 N–H and O–H groups in total. The Labute approximate surface area is 310 Å². The molecule has 0 aliphatic rings. The molecule has 0 heterocycles. The SMILES string of the molecule is COc1cccc(CCP(=O)(O)C(CCCO)(NC(=O)OCc2ccc(OCc3ccccc3)cc2)OCc2ccc(OCc3ccccc3)cc2)c1. The van der Waals surface area contributed by atoms with Gasteiger partial charge in [0.15, 0.2) is 0 Å². The minimum absolute atomic E-state index is 0.0840. The van der Waals surface area contributed by atoms with E-state index in [0.717, 1.165) is 16.7 Å². The standard InChI is InChI=1S/C42H46NO9P/c1-48-40-15-8-14-33(28-40)24-27-53(46,47)42(25-9-26-44,52-32-37-18-22-39(23-19-37)50-30-35-12-6-3-7-13-35)43-41(45)51-31-36-16-20-38(21-17-36)49-29-34-10-4-2-5-11-34/h2-8,10-23,28,44H,9,24-27,29-32H2,1H3,(H,43,45)(H,46,47). The van der Waals surface area contributed by atoms with Gasteiger partial charge in [0.1, 0.15) is 37.1 Å². The van der Waals surface area contributed by atoms with Gasteiger partial charge in [-0.15, -0.1) is 0 Å². The lowest BCUT2D eigenvalue weighted by atomic mass is 10.2. The maximum Gasteiger partial charge on any atom is 0.410 e. The fourth-order valence-corrected chi connectivity index (χ4v) is 7.50. The molecule has 0 aliphatic carbocycles. The molecule has 11 heteroatoms. The molecule has 53 heavy (non-hydrogen) atoms. The normalized spacial score (nSPS) is 13.3. The molecule has 1 amide bonds. The van der Waals surface area contributed by atoms with Crippen LogP contribution in [0.1, 0.15) is 40.7 Å². The molecule has 0 bridgehead atoms. The summed E-state index contributed by atoms with van der Waals surface area (Å²) in [6.07, 6.45) is -1.01. The molecule has 5 rings (SSSR count). The second-order valence-corrected chi connectivity index (χ2v) is 15.0. The second kappa shape index (κ2) is 19.6. The van der Waals surface area contributed by atoms with Crippen molar-refractivity contribution in [2.45, 2.75) is 51.2 Å². The van der Waals surface area contributed by atoms with Gasteiger partial charge in [-0.1, -0.05) is 97.1 Å². The summed E-state index contributed by atoms with van der Waals surface area (Å²) >= 11 is 0. The van der Waals surface area contributed by atoms with E-state index < -0.39 is 18.9 Å². The number of methoxy groups -OCH3 is 1. The number of carbonyl (C=O) groups excluding carboxylic acids is 1. The maximum absolute atomic E-state index is 14.4. The first kappa shape index (κ1) is 39.1. The lowest BCUT2D eigenvalue weighted by molar-refractivity contribution is -0.0351. The minimum Gasteiger partial charge on any atom is -0.497 e. The zero-order valence-electron chi connectivity index (χ0n) is 29.8. The van der Waals surface area contributed by atoms with Gasteiger partial charge >= 0.3 is 6.09 Å². The monoisotopic (exact) mass is 739 g/mol. The van der Waals surface area contributed by atoms with Crippen molar-refractivity contribution in [2.75, 3.05) is 19.9 Å². The van der Waals surface area contributed by atoms with Gasteiger partial charge in [0, 0.05) is 19.2 Å². The first-order chi connectivity index (χ1) is 25.8. The Bertz CT molecular complexity index is 1890. The van der Waals surface area contributed by atoms with Gasteiger partial charge in [0.25, 0.3) is 7.37 Å². The Morgan fingerprint density at radius 3 is 1.74 bits per heavy atom. The average Bonchev–Trinajstić information content (AvgIpc) is 3.20. The molecule has 2 unspecified atom stereocenters. The van der Waals surface area contributed by atoms with Crippen molar-refractivity contribution in [3.63, 3.8) is 0 Å². The molecule has 10 nitrogen and oxygen atoms in total. The molecule has 0 fully saturated rings. The third-order valence-electron chi connectivity index (χ3n) is 8.56. The lowest BCUT2D eigenvalue weighted by Crippen LogP contribution is -2.51. The van der Waals surface area contributed by atoms with Gasteiger partial charge in [-0.25, -0.2) is 4.79 Å². The Balaban J connectivity index is 1.28. The van der Waals surface area contributed by atoms with Crippen LogP contribution in [0.15, 0.2) is 133 Å². The van der Waals surface area contributed by atoms with Gasteiger partial charge in [-0.05, 0) is 77.1 Å². The van der Waals surface area contributed by atoms with E-state index in [2.05, 4.69) is 5.32 Å². The van der Waals surface area contributed by atoms with Gasteiger partial charge < -0.3 is 33.7 Å². The molecule has 0 aromatic heterocycles. The zero-order valence-corrected chi connectivity index (χ0v) is 30.7. The lowest BCUT2D eigenvalue weighted by Gasteiger charge is -2.38. The number of aliphatic hydroxyl groups excluding tert-OH is 1. The van der Waals surface area contributed by atoms with Crippen molar-refractivity contribution >= 4 is 13.5 Å².